The van der Waals surface area contributed by atoms with Crippen molar-refractivity contribution in [1.29, 1.82) is 0 Å². The zero-order chi connectivity index (χ0) is 11.7. The third-order valence-electron chi connectivity index (χ3n) is 3.43. The van der Waals surface area contributed by atoms with Crippen LogP contribution in [0.15, 0.2) is 12.1 Å². The van der Waals surface area contributed by atoms with E-state index in [2.05, 4.69) is 32.9 Å². The van der Waals surface area contributed by atoms with Crippen LogP contribution in [-0.2, 0) is 12.8 Å². The molecular weight excluding hydrogens is 234 g/mol. The van der Waals surface area contributed by atoms with E-state index in [1.54, 1.807) is 0 Å². The number of benzene rings is 1. The van der Waals surface area contributed by atoms with Gasteiger partial charge in [-0.25, -0.2) is 0 Å². The second kappa shape index (κ2) is 5.74. The third kappa shape index (κ3) is 2.93. The average molecular weight is 256 g/mol. The summed E-state index contributed by atoms with van der Waals surface area (Å²) in [5.74, 6) is 1.10. The molecule has 1 aliphatic heterocycles. The minimum absolute atomic E-state index is 0. The largest absolute Gasteiger partial charge is 0.490 e. The Labute approximate surface area is 110 Å². The summed E-state index contributed by atoms with van der Waals surface area (Å²) in [6.45, 7) is 6.40. The lowest BCUT2D eigenvalue weighted by molar-refractivity contribution is 0.253. The number of rotatable bonds is 3. The van der Waals surface area contributed by atoms with Gasteiger partial charge >= 0.3 is 0 Å². The van der Waals surface area contributed by atoms with Gasteiger partial charge in [0.25, 0.3) is 0 Å². The van der Waals surface area contributed by atoms with Crippen LogP contribution in [0.4, 0.5) is 0 Å². The van der Waals surface area contributed by atoms with Gasteiger partial charge in [-0.1, -0.05) is 19.1 Å². The summed E-state index contributed by atoms with van der Waals surface area (Å²) < 4.78 is 5.85. The Morgan fingerprint density at radius 1 is 1.47 bits per heavy atom. The van der Waals surface area contributed by atoms with Gasteiger partial charge in [0.2, 0.25) is 0 Å². The highest BCUT2D eigenvalue weighted by atomic mass is 35.5. The Hall–Kier alpha value is -0.730. The Morgan fingerprint density at radius 3 is 2.82 bits per heavy atom. The van der Waals surface area contributed by atoms with Crippen LogP contribution < -0.4 is 10.5 Å². The molecule has 1 aromatic carbocycles. The van der Waals surface area contributed by atoms with Gasteiger partial charge in [-0.15, -0.1) is 12.4 Å². The molecule has 2 unspecified atom stereocenters. The van der Waals surface area contributed by atoms with Crippen molar-refractivity contribution in [1.82, 2.24) is 0 Å². The van der Waals surface area contributed by atoms with Gasteiger partial charge in [-0.3, -0.25) is 0 Å². The predicted octanol–water partition coefficient (Wildman–Crippen LogP) is 3.02. The van der Waals surface area contributed by atoms with Crippen molar-refractivity contribution in [3.05, 3.63) is 28.8 Å². The van der Waals surface area contributed by atoms with E-state index >= 15 is 0 Å². The van der Waals surface area contributed by atoms with Gasteiger partial charge in [-0.2, -0.15) is 0 Å². The second-order valence-corrected chi connectivity index (χ2v) is 4.84. The quantitative estimate of drug-likeness (QED) is 0.901. The molecule has 1 heterocycles. The summed E-state index contributed by atoms with van der Waals surface area (Å²) in [6, 6.07) is 4.67. The fourth-order valence-corrected chi connectivity index (χ4v) is 2.31. The average Bonchev–Trinajstić information content (AvgIpc) is 2.64. The molecule has 2 rings (SSSR count). The third-order valence-corrected chi connectivity index (χ3v) is 3.43. The van der Waals surface area contributed by atoms with Crippen molar-refractivity contribution in [2.45, 2.75) is 52.2 Å². The Bertz CT molecular complexity index is 392. The van der Waals surface area contributed by atoms with Crippen LogP contribution in [0.3, 0.4) is 0 Å². The smallest absolute Gasteiger partial charge is 0.126 e. The molecule has 1 aromatic rings. The molecule has 0 amide bonds. The summed E-state index contributed by atoms with van der Waals surface area (Å²) in [4.78, 5) is 0. The molecule has 1 aliphatic rings. The van der Waals surface area contributed by atoms with E-state index in [4.69, 9.17) is 10.5 Å². The summed E-state index contributed by atoms with van der Waals surface area (Å²) >= 11 is 0. The number of ether oxygens (including phenoxy) is 1. The maximum absolute atomic E-state index is 6.01. The molecule has 0 saturated heterocycles. The Kier molecular flexibility index (Phi) is 4.84. The maximum Gasteiger partial charge on any atom is 0.126 e. The summed E-state index contributed by atoms with van der Waals surface area (Å²) in [5, 5.41) is 0. The van der Waals surface area contributed by atoms with E-state index in [1.807, 2.05) is 0 Å². The molecular formula is C14H22ClNO. The van der Waals surface area contributed by atoms with Gasteiger partial charge in [0.05, 0.1) is 0 Å². The molecule has 0 aromatic heterocycles. The highest BCUT2D eigenvalue weighted by Gasteiger charge is 2.22. The zero-order valence-electron chi connectivity index (χ0n) is 10.8. The second-order valence-electron chi connectivity index (χ2n) is 4.84. The molecule has 0 saturated carbocycles. The maximum atomic E-state index is 6.01. The van der Waals surface area contributed by atoms with E-state index < -0.39 is 0 Å². The minimum atomic E-state index is 0. The predicted molar refractivity (Wildman–Crippen MR) is 74.2 cm³/mol. The summed E-state index contributed by atoms with van der Waals surface area (Å²) in [5.41, 5.74) is 9.97. The standard InChI is InChI=1S/C14H21NO.ClH/c1-4-13(15)8-11-5-6-12-7-9(2)16-14(12)10(11)3;/h5-6,9,13H,4,7-8,15H2,1-3H3;1H. The van der Waals surface area contributed by atoms with Crippen molar-refractivity contribution >= 4 is 12.4 Å². The van der Waals surface area contributed by atoms with Crippen LogP contribution in [0.5, 0.6) is 5.75 Å². The van der Waals surface area contributed by atoms with Crippen LogP contribution in [0.25, 0.3) is 0 Å². The lowest BCUT2D eigenvalue weighted by atomic mass is 9.97. The van der Waals surface area contributed by atoms with Gasteiger partial charge in [0.1, 0.15) is 11.9 Å². The molecule has 3 heteroatoms. The fraction of sp³-hybridized carbons (Fsp3) is 0.571. The number of hydrogen-bond donors (Lipinski definition) is 1. The van der Waals surface area contributed by atoms with Crippen LogP contribution >= 0.6 is 12.4 Å². The lowest BCUT2D eigenvalue weighted by Crippen LogP contribution is -2.21. The number of fused-ring (bicyclic) bond motifs is 1. The first-order valence-corrected chi connectivity index (χ1v) is 6.15. The lowest BCUT2D eigenvalue weighted by Gasteiger charge is -2.14. The van der Waals surface area contributed by atoms with Crippen molar-refractivity contribution < 1.29 is 4.74 Å². The van der Waals surface area contributed by atoms with E-state index in [9.17, 15) is 0 Å². The number of halogens is 1. The first kappa shape index (κ1) is 14.3. The monoisotopic (exact) mass is 255 g/mol. The fourth-order valence-electron chi connectivity index (χ4n) is 2.31. The highest BCUT2D eigenvalue weighted by Crippen LogP contribution is 2.34. The van der Waals surface area contributed by atoms with Crippen LogP contribution in [0, 0.1) is 6.92 Å². The van der Waals surface area contributed by atoms with Crippen LogP contribution in [-0.4, -0.2) is 12.1 Å². The minimum Gasteiger partial charge on any atom is -0.490 e. The van der Waals surface area contributed by atoms with E-state index in [0.29, 0.717) is 6.10 Å². The Morgan fingerprint density at radius 2 is 2.18 bits per heavy atom. The van der Waals surface area contributed by atoms with Gasteiger partial charge in [-0.05, 0) is 43.4 Å². The molecule has 17 heavy (non-hydrogen) atoms. The molecule has 96 valence electrons. The Balaban J connectivity index is 0.00000144. The summed E-state index contributed by atoms with van der Waals surface area (Å²) in [7, 11) is 0. The normalized spacial score (nSPS) is 19.2. The van der Waals surface area contributed by atoms with Crippen LogP contribution in [0.2, 0.25) is 0 Å². The highest BCUT2D eigenvalue weighted by molar-refractivity contribution is 5.85. The summed E-state index contributed by atoms with van der Waals surface area (Å²) in [6.07, 6.45) is 3.33. The number of hydrogen-bond acceptors (Lipinski definition) is 2. The molecule has 0 bridgehead atoms. The molecule has 0 fully saturated rings. The zero-order valence-corrected chi connectivity index (χ0v) is 11.6. The molecule has 0 spiro atoms. The van der Waals surface area contributed by atoms with E-state index in [1.165, 1.54) is 16.7 Å². The van der Waals surface area contributed by atoms with Crippen molar-refractivity contribution in [2.24, 2.45) is 5.73 Å². The van der Waals surface area contributed by atoms with Crippen molar-refractivity contribution in [3.63, 3.8) is 0 Å². The molecule has 2 atom stereocenters. The molecule has 0 radical (unpaired) electrons. The SMILES string of the molecule is CCC(N)Cc1ccc2c(c1C)OC(C)C2.Cl. The van der Waals surface area contributed by atoms with E-state index in [-0.39, 0.29) is 18.4 Å². The first-order chi connectivity index (χ1) is 7.61. The molecule has 2 nitrogen and oxygen atoms in total. The van der Waals surface area contributed by atoms with Gasteiger partial charge < -0.3 is 10.5 Å². The number of nitrogens with two attached hydrogens (primary N) is 1. The van der Waals surface area contributed by atoms with Crippen LogP contribution in [0.1, 0.15) is 37.0 Å². The van der Waals surface area contributed by atoms with E-state index in [0.717, 1.165) is 25.0 Å². The molecule has 0 aliphatic carbocycles. The topological polar surface area (TPSA) is 35.2 Å². The van der Waals surface area contributed by atoms with Gasteiger partial charge in [0, 0.05) is 12.5 Å². The first-order valence-electron chi connectivity index (χ1n) is 6.15. The molecule has 2 N–H and O–H groups in total. The van der Waals surface area contributed by atoms with Crippen molar-refractivity contribution in [3.8, 4) is 5.75 Å². The van der Waals surface area contributed by atoms with Gasteiger partial charge in [0.15, 0.2) is 0 Å². The van der Waals surface area contributed by atoms with Crippen molar-refractivity contribution in [2.75, 3.05) is 0 Å².